The van der Waals surface area contributed by atoms with Gasteiger partial charge in [0, 0.05) is 18.1 Å². The Hall–Kier alpha value is -0.910. The minimum atomic E-state index is -0.516. The summed E-state index contributed by atoms with van der Waals surface area (Å²) in [6, 6.07) is 1.99. The van der Waals surface area contributed by atoms with Crippen LogP contribution in [0.5, 0.6) is 0 Å². The number of thiophene rings is 1. The number of aryl methyl sites for hydroxylation is 2. The number of hydrogen-bond acceptors (Lipinski definition) is 4. The van der Waals surface area contributed by atoms with Crippen LogP contribution in [0.1, 0.15) is 46.3 Å². The van der Waals surface area contributed by atoms with Gasteiger partial charge in [0.2, 0.25) is 0 Å². The van der Waals surface area contributed by atoms with Crippen molar-refractivity contribution < 1.29 is 14.6 Å². The van der Waals surface area contributed by atoms with Crippen molar-refractivity contribution in [1.29, 1.82) is 0 Å². The van der Waals surface area contributed by atoms with Crippen LogP contribution in [-0.4, -0.2) is 36.4 Å². The molecular formula is C15H23NO3S. The van der Waals surface area contributed by atoms with Gasteiger partial charge >= 0.3 is 0 Å². The third kappa shape index (κ3) is 3.40. The van der Waals surface area contributed by atoms with Crippen molar-refractivity contribution in [3.63, 3.8) is 0 Å². The predicted octanol–water partition coefficient (Wildman–Crippen LogP) is 2.28. The molecule has 0 unspecified atom stereocenters. The molecule has 1 aliphatic heterocycles. The average Bonchev–Trinajstić information content (AvgIpc) is 2.82. The number of amides is 1. The molecule has 2 N–H and O–H groups in total. The second-order valence-electron chi connectivity index (χ2n) is 5.45. The van der Waals surface area contributed by atoms with Crippen LogP contribution in [0, 0.1) is 6.92 Å². The lowest BCUT2D eigenvalue weighted by molar-refractivity contribution is 0.0126. The quantitative estimate of drug-likeness (QED) is 0.876. The van der Waals surface area contributed by atoms with E-state index in [0.717, 1.165) is 17.7 Å². The van der Waals surface area contributed by atoms with Gasteiger partial charge in [0.1, 0.15) is 0 Å². The number of carbonyl (C=O) groups is 1. The number of aliphatic hydroxyl groups excluding tert-OH is 1. The van der Waals surface area contributed by atoms with E-state index in [1.165, 1.54) is 21.8 Å². The maximum absolute atomic E-state index is 12.4. The zero-order valence-corrected chi connectivity index (χ0v) is 13.0. The van der Waals surface area contributed by atoms with Gasteiger partial charge in [-0.25, -0.2) is 0 Å². The molecule has 0 aromatic carbocycles. The van der Waals surface area contributed by atoms with Crippen molar-refractivity contribution in [1.82, 2.24) is 5.32 Å². The number of hydrogen-bond donors (Lipinski definition) is 2. The summed E-state index contributed by atoms with van der Waals surface area (Å²) in [7, 11) is 0. The van der Waals surface area contributed by atoms with Gasteiger partial charge < -0.3 is 15.2 Å². The lowest BCUT2D eigenvalue weighted by Gasteiger charge is -2.36. The largest absolute Gasteiger partial charge is 0.394 e. The molecule has 0 spiro atoms. The summed E-state index contributed by atoms with van der Waals surface area (Å²) in [6.07, 6.45) is 3.42. The van der Waals surface area contributed by atoms with E-state index in [0.29, 0.717) is 26.1 Å². The number of aliphatic hydroxyl groups is 1. The SMILES string of the molecule is CCCc1cc(C(=O)NC2(CO)CCOCC2)sc1C. The van der Waals surface area contributed by atoms with E-state index in [1.807, 2.05) is 6.07 Å². The first-order valence-corrected chi connectivity index (χ1v) is 8.02. The van der Waals surface area contributed by atoms with Crippen molar-refractivity contribution in [3.8, 4) is 0 Å². The molecule has 0 atom stereocenters. The van der Waals surface area contributed by atoms with Crippen molar-refractivity contribution in [2.45, 2.75) is 45.1 Å². The number of nitrogens with one attached hydrogen (secondary N) is 1. The summed E-state index contributed by atoms with van der Waals surface area (Å²) in [6.45, 7) is 5.34. The van der Waals surface area contributed by atoms with Crippen molar-refractivity contribution in [2.24, 2.45) is 0 Å². The van der Waals surface area contributed by atoms with Crippen LogP contribution in [0.3, 0.4) is 0 Å². The van der Waals surface area contributed by atoms with Crippen molar-refractivity contribution in [2.75, 3.05) is 19.8 Å². The molecule has 20 heavy (non-hydrogen) atoms. The third-order valence-electron chi connectivity index (χ3n) is 3.89. The van der Waals surface area contributed by atoms with Crippen LogP contribution in [0.4, 0.5) is 0 Å². The van der Waals surface area contributed by atoms with Gasteiger partial charge in [0.05, 0.1) is 17.0 Å². The summed E-state index contributed by atoms with van der Waals surface area (Å²) >= 11 is 1.54. The molecule has 0 saturated carbocycles. The van der Waals surface area contributed by atoms with Gasteiger partial charge in [-0.3, -0.25) is 4.79 Å². The van der Waals surface area contributed by atoms with Crippen LogP contribution in [0.2, 0.25) is 0 Å². The summed E-state index contributed by atoms with van der Waals surface area (Å²) in [5, 5.41) is 12.6. The maximum atomic E-state index is 12.4. The summed E-state index contributed by atoms with van der Waals surface area (Å²) in [5.41, 5.74) is 0.741. The second-order valence-corrected chi connectivity index (χ2v) is 6.70. The molecule has 4 nitrogen and oxygen atoms in total. The van der Waals surface area contributed by atoms with E-state index < -0.39 is 5.54 Å². The molecule has 1 aliphatic rings. The molecule has 2 rings (SSSR count). The molecule has 1 saturated heterocycles. The maximum Gasteiger partial charge on any atom is 0.261 e. The normalized spacial score (nSPS) is 17.9. The van der Waals surface area contributed by atoms with E-state index in [1.54, 1.807) is 0 Å². The first-order chi connectivity index (χ1) is 9.60. The fraction of sp³-hybridized carbons (Fsp3) is 0.667. The molecule has 0 bridgehead atoms. The molecule has 5 heteroatoms. The van der Waals surface area contributed by atoms with Crippen LogP contribution in [-0.2, 0) is 11.2 Å². The summed E-state index contributed by atoms with van der Waals surface area (Å²) in [5.74, 6) is -0.0728. The van der Waals surface area contributed by atoms with Gasteiger partial charge in [-0.1, -0.05) is 13.3 Å². The smallest absolute Gasteiger partial charge is 0.261 e. The van der Waals surface area contributed by atoms with Crippen molar-refractivity contribution >= 4 is 17.2 Å². The summed E-state index contributed by atoms with van der Waals surface area (Å²) in [4.78, 5) is 14.3. The van der Waals surface area contributed by atoms with E-state index in [4.69, 9.17) is 4.74 Å². The highest BCUT2D eigenvalue weighted by Crippen LogP contribution is 2.25. The number of carbonyl (C=O) groups excluding carboxylic acids is 1. The Kier molecular flexibility index (Phi) is 5.18. The summed E-state index contributed by atoms with van der Waals surface area (Å²) < 4.78 is 5.31. The fourth-order valence-corrected chi connectivity index (χ4v) is 3.50. The second kappa shape index (κ2) is 6.70. The van der Waals surface area contributed by atoms with E-state index >= 15 is 0 Å². The molecule has 1 aromatic heterocycles. The van der Waals surface area contributed by atoms with Crippen LogP contribution < -0.4 is 5.32 Å². The third-order valence-corrected chi connectivity index (χ3v) is 4.99. The van der Waals surface area contributed by atoms with E-state index in [-0.39, 0.29) is 12.5 Å². The highest BCUT2D eigenvalue weighted by molar-refractivity contribution is 7.14. The predicted molar refractivity (Wildman–Crippen MR) is 80.4 cm³/mol. The van der Waals surface area contributed by atoms with Gasteiger partial charge in [-0.15, -0.1) is 11.3 Å². The molecule has 112 valence electrons. The highest BCUT2D eigenvalue weighted by Gasteiger charge is 2.34. The van der Waals surface area contributed by atoms with E-state index in [2.05, 4.69) is 19.2 Å². The van der Waals surface area contributed by atoms with Gasteiger partial charge in [0.15, 0.2) is 0 Å². The highest BCUT2D eigenvalue weighted by atomic mass is 32.1. The molecule has 0 radical (unpaired) electrons. The molecule has 0 aliphatic carbocycles. The standard InChI is InChI=1S/C15H23NO3S/c1-3-4-12-9-13(20-11(12)2)14(18)16-15(10-17)5-7-19-8-6-15/h9,17H,3-8,10H2,1-2H3,(H,16,18). The monoisotopic (exact) mass is 297 g/mol. The molecule has 1 fully saturated rings. The van der Waals surface area contributed by atoms with Crippen LogP contribution in [0.15, 0.2) is 6.07 Å². The first-order valence-electron chi connectivity index (χ1n) is 7.20. The number of ether oxygens (including phenoxy) is 1. The van der Waals surface area contributed by atoms with Gasteiger partial charge in [-0.05, 0) is 37.8 Å². The lowest BCUT2D eigenvalue weighted by Crippen LogP contribution is -2.54. The Balaban J connectivity index is 2.08. The van der Waals surface area contributed by atoms with Gasteiger partial charge in [0.25, 0.3) is 5.91 Å². The van der Waals surface area contributed by atoms with Gasteiger partial charge in [-0.2, -0.15) is 0 Å². The number of rotatable bonds is 5. The van der Waals surface area contributed by atoms with Crippen LogP contribution >= 0.6 is 11.3 Å². The Morgan fingerprint density at radius 2 is 2.20 bits per heavy atom. The van der Waals surface area contributed by atoms with E-state index in [9.17, 15) is 9.90 Å². The minimum Gasteiger partial charge on any atom is -0.394 e. The zero-order chi connectivity index (χ0) is 14.6. The molecule has 1 aromatic rings. The first kappa shape index (κ1) is 15.5. The Bertz CT molecular complexity index is 464. The van der Waals surface area contributed by atoms with Crippen molar-refractivity contribution in [3.05, 3.63) is 21.4 Å². The molecule has 1 amide bonds. The average molecular weight is 297 g/mol. The Labute approximate surface area is 124 Å². The van der Waals surface area contributed by atoms with Crippen LogP contribution in [0.25, 0.3) is 0 Å². The molecular weight excluding hydrogens is 274 g/mol. The lowest BCUT2D eigenvalue weighted by atomic mass is 9.91. The molecule has 2 heterocycles. The Morgan fingerprint density at radius 3 is 2.80 bits per heavy atom. The topological polar surface area (TPSA) is 58.6 Å². The minimum absolute atomic E-state index is 0.0335. The fourth-order valence-electron chi connectivity index (χ4n) is 2.54. The zero-order valence-electron chi connectivity index (χ0n) is 12.2. The Morgan fingerprint density at radius 1 is 1.50 bits per heavy atom.